The zero-order valence-electron chi connectivity index (χ0n) is 10.1. The number of hydrogen-bond donors (Lipinski definition) is 3. The first-order valence-corrected chi connectivity index (χ1v) is 5.33. The lowest BCUT2D eigenvalue weighted by Crippen LogP contribution is -2.17. The summed E-state index contributed by atoms with van der Waals surface area (Å²) in [7, 11) is 1.77. The van der Waals surface area contributed by atoms with Gasteiger partial charge in [-0.25, -0.2) is 0 Å². The molecule has 7 heteroatoms. The summed E-state index contributed by atoms with van der Waals surface area (Å²) in [6.07, 6.45) is 4.75. The van der Waals surface area contributed by atoms with E-state index in [-0.39, 0.29) is 5.91 Å². The smallest absolute Gasteiger partial charge is 0.259 e. The number of hydrogen-bond acceptors (Lipinski definition) is 5. The van der Waals surface area contributed by atoms with Crippen molar-refractivity contribution in [2.75, 3.05) is 10.7 Å². The highest BCUT2D eigenvalue weighted by Crippen LogP contribution is 2.16. The molecule has 18 heavy (non-hydrogen) atoms. The summed E-state index contributed by atoms with van der Waals surface area (Å²) in [5.74, 6) is 5.09. The summed E-state index contributed by atoms with van der Waals surface area (Å²) < 4.78 is 1.60. The van der Waals surface area contributed by atoms with Crippen LogP contribution in [0.25, 0.3) is 0 Å². The molecule has 0 saturated carbocycles. The van der Waals surface area contributed by atoms with Gasteiger partial charge in [-0.15, -0.1) is 0 Å². The number of anilines is 2. The van der Waals surface area contributed by atoms with Gasteiger partial charge in [-0.3, -0.25) is 20.3 Å². The van der Waals surface area contributed by atoms with Crippen LogP contribution in [0.2, 0.25) is 0 Å². The van der Waals surface area contributed by atoms with Crippen LogP contribution in [0, 0.1) is 6.92 Å². The predicted octanol–water partition coefficient (Wildman–Crippen LogP) is 0.661. The molecule has 0 bridgehead atoms. The monoisotopic (exact) mass is 246 g/mol. The topological polar surface area (TPSA) is 97.9 Å². The zero-order valence-corrected chi connectivity index (χ0v) is 10.1. The van der Waals surface area contributed by atoms with Crippen molar-refractivity contribution in [3.8, 4) is 0 Å². The van der Waals surface area contributed by atoms with Gasteiger partial charge in [0.15, 0.2) is 0 Å². The molecule has 2 heterocycles. The Morgan fingerprint density at radius 1 is 1.44 bits per heavy atom. The molecule has 0 aliphatic carbocycles. The fourth-order valence-electron chi connectivity index (χ4n) is 1.54. The highest BCUT2D eigenvalue weighted by molar-refractivity contribution is 6.07. The van der Waals surface area contributed by atoms with E-state index in [2.05, 4.69) is 20.8 Å². The number of nitrogens with one attached hydrogen (secondary N) is 2. The number of rotatable bonds is 3. The fraction of sp³-hybridized carbons (Fsp3) is 0.182. The number of nitrogen functional groups attached to an aromatic ring is 1. The van der Waals surface area contributed by atoms with Crippen molar-refractivity contribution in [2.24, 2.45) is 12.9 Å². The minimum atomic E-state index is -0.288. The lowest BCUT2D eigenvalue weighted by atomic mass is 10.2. The van der Waals surface area contributed by atoms with Crippen molar-refractivity contribution in [2.45, 2.75) is 6.92 Å². The van der Waals surface area contributed by atoms with E-state index >= 15 is 0 Å². The first-order chi connectivity index (χ1) is 8.60. The fourth-order valence-corrected chi connectivity index (χ4v) is 1.54. The van der Waals surface area contributed by atoms with E-state index in [1.165, 1.54) is 6.20 Å². The molecule has 4 N–H and O–H groups in total. The maximum Gasteiger partial charge on any atom is 0.259 e. The first kappa shape index (κ1) is 12.1. The normalized spacial score (nSPS) is 10.2. The van der Waals surface area contributed by atoms with Gasteiger partial charge in [0, 0.05) is 25.1 Å². The quantitative estimate of drug-likeness (QED) is 0.546. The number of hydrazine groups is 1. The second kappa shape index (κ2) is 4.84. The van der Waals surface area contributed by atoms with Gasteiger partial charge >= 0.3 is 0 Å². The Bertz CT molecular complexity index is 577. The maximum absolute atomic E-state index is 12.0. The third-order valence-corrected chi connectivity index (χ3v) is 2.40. The number of aromatic nitrogens is 3. The van der Waals surface area contributed by atoms with Gasteiger partial charge in [-0.1, -0.05) is 0 Å². The van der Waals surface area contributed by atoms with Gasteiger partial charge in [0.2, 0.25) is 0 Å². The highest BCUT2D eigenvalue weighted by atomic mass is 16.1. The minimum absolute atomic E-state index is 0.288. The Kier molecular flexibility index (Phi) is 3.24. The number of amides is 1. The minimum Gasteiger partial charge on any atom is -0.323 e. The molecular weight excluding hydrogens is 232 g/mol. The molecule has 0 atom stereocenters. The SMILES string of the molecule is Cc1cc(NN)c(C(=O)Nc2cnn(C)c2)cn1. The molecule has 0 aromatic carbocycles. The van der Waals surface area contributed by atoms with Gasteiger partial charge in [0.1, 0.15) is 0 Å². The van der Waals surface area contributed by atoms with Crippen LogP contribution in [-0.2, 0) is 7.05 Å². The van der Waals surface area contributed by atoms with E-state index in [0.29, 0.717) is 16.9 Å². The lowest BCUT2D eigenvalue weighted by Gasteiger charge is -2.08. The van der Waals surface area contributed by atoms with Crippen LogP contribution in [0.3, 0.4) is 0 Å². The molecular formula is C11H14N6O. The van der Waals surface area contributed by atoms with E-state index in [0.717, 1.165) is 5.69 Å². The number of nitrogens with two attached hydrogens (primary N) is 1. The van der Waals surface area contributed by atoms with Gasteiger partial charge in [0.25, 0.3) is 5.91 Å². The molecule has 2 rings (SSSR count). The van der Waals surface area contributed by atoms with Crippen molar-refractivity contribution >= 4 is 17.3 Å². The predicted molar refractivity (Wildman–Crippen MR) is 67.9 cm³/mol. The molecule has 0 fully saturated rings. The van der Waals surface area contributed by atoms with Gasteiger partial charge < -0.3 is 10.7 Å². The van der Waals surface area contributed by atoms with E-state index in [4.69, 9.17) is 5.84 Å². The third kappa shape index (κ3) is 2.46. The molecule has 0 aliphatic heterocycles. The summed E-state index contributed by atoms with van der Waals surface area (Å²) in [6, 6.07) is 1.71. The Morgan fingerprint density at radius 2 is 2.22 bits per heavy atom. The van der Waals surface area contributed by atoms with Crippen LogP contribution in [0.5, 0.6) is 0 Å². The molecule has 7 nitrogen and oxygen atoms in total. The molecule has 0 spiro atoms. The van der Waals surface area contributed by atoms with E-state index < -0.39 is 0 Å². The van der Waals surface area contributed by atoms with Crippen LogP contribution in [0.4, 0.5) is 11.4 Å². The molecule has 1 amide bonds. The average molecular weight is 246 g/mol. The Hall–Kier alpha value is -2.41. The van der Waals surface area contributed by atoms with Crippen molar-refractivity contribution in [1.29, 1.82) is 0 Å². The number of carbonyl (C=O) groups excluding carboxylic acids is 1. The molecule has 0 saturated heterocycles. The third-order valence-electron chi connectivity index (χ3n) is 2.40. The lowest BCUT2D eigenvalue weighted by molar-refractivity contribution is 0.102. The summed E-state index contributed by atoms with van der Waals surface area (Å²) >= 11 is 0. The van der Waals surface area contributed by atoms with Crippen LogP contribution in [0.1, 0.15) is 16.1 Å². The van der Waals surface area contributed by atoms with Crippen molar-refractivity contribution in [3.63, 3.8) is 0 Å². The van der Waals surface area contributed by atoms with Crippen molar-refractivity contribution in [1.82, 2.24) is 14.8 Å². The Labute approximate surface area is 104 Å². The van der Waals surface area contributed by atoms with Gasteiger partial charge in [0.05, 0.1) is 23.1 Å². The van der Waals surface area contributed by atoms with E-state index in [9.17, 15) is 4.79 Å². The first-order valence-electron chi connectivity index (χ1n) is 5.33. The summed E-state index contributed by atoms with van der Waals surface area (Å²) in [6.45, 7) is 1.82. The number of aryl methyl sites for hydroxylation is 2. The van der Waals surface area contributed by atoms with Gasteiger partial charge in [-0.2, -0.15) is 5.10 Å². The molecule has 2 aromatic rings. The second-order valence-electron chi connectivity index (χ2n) is 3.87. The molecule has 0 radical (unpaired) electrons. The largest absolute Gasteiger partial charge is 0.323 e. The van der Waals surface area contributed by atoms with Crippen LogP contribution >= 0.6 is 0 Å². The standard InChI is InChI=1S/C11H14N6O/c1-7-3-10(16-12)9(5-13-7)11(18)15-8-4-14-17(2)6-8/h3-6H,12H2,1-2H3,(H,13,16)(H,15,18). The summed E-state index contributed by atoms with van der Waals surface area (Å²) in [5, 5.41) is 6.68. The Balaban J connectivity index is 2.23. The van der Waals surface area contributed by atoms with Crippen LogP contribution in [-0.4, -0.2) is 20.7 Å². The van der Waals surface area contributed by atoms with Crippen LogP contribution in [0.15, 0.2) is 24.7 Å². The molecule has 94 valence electrons. The molecule has 0 unspecified atom stereocenters. The number of nitrogens with zero attached hydrogens (tertiary/aromatic N) is 3. The molecule has 0 aliphatic rings. The van der Waals surface area contributed by atoms with Crippen molar-refractivity contribution < 1.29 is 4.79 Å². The maximum atomic E-state index is 12.0. The highest BCUT2D eigenvalue weighted by Gasteiger charge is 2.12. The zero-order chi connectivity index (χ0) is 13.1. The number of pyridine rings is 1. The van der Waals surface area contributed by atoms with Crippen LogP contribution < -0.4 is 16.6 Å². The van der Waals surface area contributed by atoms with Crippen molar-refractivity contribution in [3.05, 3.63) is 35.9 Å². The average Bonchev–Trinajstić information content (AvgIpc) is 2.74. The number of carbonyl (C=O) groups is 1. The van der Waals surface area contributed by atoms with E-state index in [1.807, 2.05) is 6.92 Å². The van der Waals surface area contributed by atoms with E-state index in [1.54, 1.807) is 30.2 Å². The molecule has 2 aromatic heterocycles. The second-order valence-corrected chi connectivity index (χ2v) is 3.87. The van der Waals surface area contributed by atoms with Gasteiger partial charge in [-0.05, 0) is 13.0 Å². The Morgan fingerprint density at radius 3 is 2.83 bits per heavy atom. The summed E-state index contributed by atoms with van der Waals surface area (Å²) in [4.78, 5) is 16.1. The summed E-state index contributed by atoms with van der Waals surface area (Å²) in [5.41, 5.74) is 4.79.